The van der Waals surface area contributed by atoms with Gasteiger partial charge in [0.25, 0.3) is 0 Å². The van der Waals surface area contributed by atoms with Crippen LogP contribution in [0.25, 0.3) is 0 Å². The Labute approximate surface area is 95.6 Å². The lowest BCUT2D eigenvalue weighted by Gasteiger charge is -2.08. The molecule has 0 saturated heterocycles. The predicted molar refractivity (Wildman–Crippen MR) is 62.4 cm³/mol. The van der Waals surface area contributed by atoms with Gasteiger partial charge < -0.3 is 4.74 Å². The number of hydrogen-bond acceptors (Lipinski definition) is 3. The van der Waals surface area contributed by atoms with E-state index in [0.29, 0.717) is 6.10 Å². The van der Waals surface area contributed by atoms with Gasteiger partial charge in [-0.3, -0.25) is 0 Å². The van der Waals surface area contributed by atoms with Crippen LogP contribution in [0.2, 0.25) is 0 Å². The fourth-order valence-corrected chi connectivity index (χ4v) is 2.56. The molecule has 1 aromatic rings. The second-order valence-corrected chi connectivity index (χ2v) is 4.82. The average molecular weight is 307 g/mol. The molecule has 1 heterocycles. The first-order valence-corrected chi connectivity index (χ1v) is 6.46. The minimum absolute atomic E-state index is 0.464. The molecule has 0 atom stereocenters. The maximum absolute atomic E-state index is 5.74. The number of nitrogens with zero attached hydrogens (tertiary/aromatic N) is 1. The van der Waals surface area contributed by atoms with Crippen molar-refractivity contribution in [3.05, 3.63) is 15.8 Å². The van der Waals surface area contributed by atoms with Gasteiger partial charge in [0.1, 0.15) is 10.8 Å². The molecule has 1 fully saturated rings. The molecule has 70 valence electrons. The van der Waals surface area contributed by atoms with Crippen LogP contribution in [-0.2, 0) is 0 Å². The molecule has 4 heteroatoms. The molecule has 0 amide bonds. The Balaban J connectivity index is 2.22. The number of hydrogen-bond donors (Lipinski definition) is 0. The van der Waals surface area contributed by atoms with Crippen molar-refractivity contribution in [1.82, 2.24) is 4.98 Å². The van der Waals surface area contributed by atoms with E-state index in [1.54, 1.807) is 11.8 Å². The summed E-state index contributed by atoms with van der Waals surface area (Å²) in [5, 5.41) is 1.05. The lowest BCUT2D eigenvalue weighted by atomic mass is 10.4. The highest BCUT2D eigenvalue weighted by Gasteiger charge is 2.24. The third kappa shape index (κ3) is 2.28. The summed E-state index contributed by atoms with van der Waals surface area (Å²) < 4.78 is 6.88. The summed E-state index contributed by atoms with van der Waals surface area (Å²) in [6.45, 7) is 0. The first-order chi connectivity index (χ1) is 6.31. The molecule has 0 aliphatic heterocycles. The highest BCUT2D eigenvalue weighted by Crippen LogP contribution is 2.33. The largest absolute Gasteiger partial charge is 0.489 e. The highest BCUT2D eigenvalue weighted by molar-refractivity contribution is 14.1. The SMILES string of the molecule is CSc1nccc(OC2CC2)c1I. The summed E-state index contributed by atoms with van der Waals surface area (Å²) in [6.07, 6.45) is 6.71. The van der Waals surface area contributed by atoms with Gasteiger partial charge in [-0.05, 0) is 47.8 Å². The second kappa shape index (κ2) is 4.04. The van der Waals surface area contributed by atoms with Crippen molar-refractivity contribution in [3.8, 4) is 5.75 Å². The van der Waals surface area contributed by atoms with Gasteiger partial charge in [-0.1, -0.05) is 0 Å². The second-order valence-electron chi connectivity index (χ2n) is 2.95. The van der Waals surface area contributed by atoms with E-state index >= 15 is 0 Å². The monoisotopic (exact) mass is 307 g/mol. The Kier molecular flexibility index (Phi) is 2.98. The first-order valence-electron chi connectivity index (χ1n) is 4.16. The molecule has 1 aromatic heterocycles. The van der Waals surface area contributed by atoms with Gasteiger partial charge in [0.15, 0.2) is 0 Å². The number of pyridine rings is 1. The maximum Gasteiger partial charge on any atom is 0.137 e. The van der Waals surface area contributed by atoms with Gasteiger partial charge in [-0.2, -0.15) is 0 Å². The van der Waals surface area contributed by atoms with Crippen LogP contribution < -0.4 is 4.74 Å². The van der Waals surface area contributed by atoms with Crippen LogP contribution in [-0.4, -0.2) is 17.3 Å². The van der Waals surface area contributed by atoms with E-state index < -0.39 is 0 Å². The van der Waals surface area contributed by atoms with Crippen molar-refractivity contribution in [2.24, 2.45) is 0 Å². The topological polar surface area (TPSA) is 22.1 Å². The predicted octanol–water partition coefficient (Wildman–Crippen LogP) is 2.95. The van der Waals surface area contributed by atoms with E-state index in [9.17, 15) is 0 Å². The summed E-state index contributed by atoms with van der Waals surface area (Å²) in [7, 11) is 0. The molecule has 1 aliphatic carbocycles. The van der Waals surface area contributed by atoms with Gasteiger partial charge in [0.2, 0.25) is 0 Å². The van der Waals surface area contributed by atoms with E-state index in [4.69, 9.17) is 4.74 Å². The van der Waals surface area contributed by atoms with Crippen molar-refractivity contribution < 1.29 is 4.74 Å². The summed E-state index contributed by atoms with van der Waals surface area (Å²) in [5.74, 6) is 0.988. The van der Waals surface area contributed by atoms with Gasteiger partial charge >= 0.3 is 0 Å². The van der Waals surface area contributed by atoms with Crippen LogP contribution >= 0.6 is 34.4 Å². The summed E-state index contributed by atoms with van der Waals surface area (Å²) in [5.41, 5.74) is 0. The van der Waals surface area contributed by atoms with E-state index in [1.165, 1.54) is 12.8 Å². The van der Waals surface area contributed by atoms with Crippen LogP contribution in [0.1, 0.15) is 12.8 Å². The Bertz CT molecular complexity index is 314. The third-order valence-corrected chi connectivity index (χ3v) is 3.94. The first kappa shape index (κ1) is 9.58. The number of halogens is 1. The average Bonchev–Trinajstić information content (AvgIpc) is 2.92. The molecule has 0 aromatic carbocycles. The lowest BCUT2D eigenvalue weighted by molar-refractivity contribution is 0.299. The highest BCUT2D eigenvalue weighted by atomic mass is 127. The minimum atomic E-state index is 0.464. The van der Waals surface area contributed by atoms with Gasteiger partial charge in [-0.25, -0.2) is 4.98 Å². The molecule has 0 unspecified atom stereocenters. The molecule has 13 heavy (non-hydrogen) atoms. The molecule has 0 N–H and O–H groups in total. The minimum Gasteiger partial charge on any atom is -0.489 e. The van der Waals surface area contributed by atoms with E-state index in [2.05, 4.69) is 27.6 Å². The summed E-state index contributed by atoms with van der Waals surface area (Å²) in [6, 6.07) is 1.94. The zero-order chi connectivity index (χ0) is 9.26. The van der Waals surface area contributed by atoms with Crippen molar-refractivity contribution in [3.63, 3.8) is 0 Å². The molecule has 1 aliphatic rings. The van der Waals surface area contributed by atoms with Crippen LogP contribution in [0.4, 0.5) is 0 Å². The summed E-state index contributed by atoms with van der Waals surface area (Å²) >= 11 is 3.95. The zero-order valence-corrected chi connectivity index (χ0v) is 10.3. The van der Waals surface area contributed by atoms with Crippen LogP contribution in [0.15, 0.2) is 17.3 Å². The van der Waals surface area contributed by atoms with Crippen molar-refractivity contribution in [2.45, 2.75) is 24.0 Å². The third-order valence-electron chi connectivity index (χ3n) is 1.83. The number of rotatable bonds is 3. The van der Waals surface area contributed by atoms with Crippen molar-refractivity contribution in [2.75, 3.05) is 6.26 Å². The van der Waals surface area contributed by atoms with Crippen molar-refractivity contribution >= 4 is 34.4 Å². The zero-order valence-electron chi connectivity index (χ0n) is 7.29. The standard InChI is InChI=1S/C9H10INOS/c1-13-9-8(10)7(4-5-11-9)12-6-2-3-6/h4-6H,2-3H2,1H3. The Morgan fingerprint density at radius 2 is 2.38 bits per heavy atom. The van der Waals surface area contributed by atoms with Gasteiger partial charge in [-0.15, -0.1) is 11.8 Å². The smallest absolute Gasteiger partial charge is 0.137 e. The molecule has 0 bridgehead atoms. The molecular formula is C9H10INOS. The quantitative estimate of drug-likeness (QED) is 0.633. The molecule has 2 nitrogen and oxygen atoms in total. The number of aromatic nitrogens is 1. The number of ether oxygens (including phenoxy) is 1. The molecular weight excluding hydrogens is 297 g/mol. The van der Waals surface area contributed by atoms with Crippen LogP contribution in [0, 0.1) is 3.57 Å². The fourth-order valence-electron chi connectivity index (χ4n) is 1.01. The van der Waals surface area contributed by atoms with E-state index in [-0.39, 0.29) is 0 Å². The lowest BCUT2D eigenvalue weighted by Crippen LogP contribution is -1.99. The normalized spacial score (nSPS) is 15.8. The fraction of sp³-hybridized carbons (Fsp3) is 0.444. The Morgan fingerprint density at radius 3 is 3.00 bits per heavy atom. The van der Waals surface area contributed by atoms with E-state index in [0.717, 1.165) is 14.3 Å². The maximum atomic E-state index is 5.74. The molecule has 2 rings (SSSR count). The molecule has 0 radical (unpaired) electrons. The van der Waals surface area contributed by atoms with Crippen LogP contribution in [0.5, 0.6) is 5.75 Å². The number of thioether (sulfide) groups is 1. The van der Waals surface area contributed by atoms with Crippen molar-refractivity contribution in [1.29, 1.82) is 0 Å². The van der Waals surface area contributed by atoms with E-state index in [1.807, 2.05) is 18.5 Å². The molecule has 1 saturated carbocycles. The Morgan fingerprint density at radius 1 is 1.62 bits per heavy atom. The van der Waals surface area contributed by atoms with Gasteiger partial charge in [0, 0.05) is 6.20 Å². The van der Waals surface area contributed by atoms with Crippen LogP contribution in [0.3, 0.4) is 0 Å². The molecule has 0 spiro atoms. The summed E-state index contributed by atoms with van der Waals surface area (Å²) in [4.78, 5) is 4.26. The van der Waals surface area contributed by atoms with Gasteiger partial charge in [0.05, 0.1) is 9.67 Å². The Hall–Kier alpha value is 0.0300.